The molecule has 0 radical (unpaired) electrons. The van der Waals surface area contributed by atoms with Crippen LogP contribution in [0.4, 0.5) is 10.2 Å². The molecule has 3 rings (SSSR count). The fourth-order valence-electron chi connectivity index (χ4n) is 2.40. The number of rotatable bonds is 5. The van der Waals surface area contributed by atoms with Crippen molar-refractivity contribution in [1.82, 2.24) is 9.97 Å². The molecule has 1 aliphatic rings. The van der Waals surface area contributed by atoms with Crippen LogP contribution in [0.1, 0.15) is 36.4 Å². The Bertz CT molecular complexity index is 611. The molecule has 4 nitrogen and oxygen atoms in total. The molecule has 0 amide bonds. The number of nitrogens with one attached hydrogen (secondary N) is 1. The number of benzene rings is 1. The van der Waals surface area contributed by atoms with E-state index < -0.39 is 0 Å². The van der Waals surface area contributed by atoms with Gasteiger partial charge in [-0.2, -0.15) is 0 Å². The van der Waals surface area contributed by atoms with E-state index in [-0.39, 0.29) is 17.6 Å². The Labute approximate surface area is 123 Å². The number of ether oxygens (including phenoxy) is 1. The highest BCUT2D eigenvalue weighted by Crippen LogP contribution is 2.37. The van der Waals surface area contributed by atoms with Gasteiger partial charge in [0.15, 0.2) is 11.6 Å². The van der Waals surface area contributed by atoms with Gasteiger partial charge < -0.3 is 10.1 Å². The highest BCUT2D eigenvalue weighted by atomic mass is 19.1. The first-order chi connectivity index (χ1) is 10.3. The normalized spacial score (nSPS) is 14.6. The largest absolute Gasteiger partial charge is 0.497 e. The second kappa shape index (κ2) is 6.08. The molecule has 0 aliphatic heterocycles. The first-order valence-electron chi connectivity index (χ1n) is 7.15. The molecule has 110 valence electrons. The van der Waals surface area contributed by atoms with Crippen molar-refractivity contribution in [3.8, 4) is 5.75 Å². The summed E-state index contributed by atoms with van der Waals surface area (Å²) in [5.41, 5.74) is 1.59. The summed E-state index contributed by atoms with van der Waals surface area (Å²) in [6, 6.07) is 7.65. The minimum Gasteiger partial charge on any atom is -0.497 e. The Hall–Kier alpha value is -2.17. The molecule has 0 atom stereocenters. The monoisotopic (exact) mass is 287 g/mol. The van der Waals surface area contributed by atoms with E-state index in [9.17, 15) is 4.39 Å². The number of hydrogen-bond acceptors (Lipinski definition) is 4. The fourth-order valence-corrected chi connectivity index (χ4v) is 2.40. The number of halogens is 1. The smallest absolute Gasteiger partial charge is 0.187 e. The SMILES string of the molecule is COc1ccc(CNc2ncnc(C3CCC3)c2F)cc1. The van der Waals surface area contributed by atoms with Gasteiger partial charge in [0.25, 0.3) is 0 Å². The average Bonchev–Trinajstić information content (AvgIpc) is 2.47. The third kappa shape index (κ3) is 2.96. The molecule has 5 heteroatoms. The van der Waals surface area contributed by atoms with Crippen LogP contribution in [0.5, 0.6) is 5.75 Å². The molecule has 1 fully saturated rings. The van der Waals surface area contributed by atoms with Crippen LogP contribution in [0, 0.1) is 5.82 Å². The van der Waals surface area contributed by atoms with Crippen molar-refractivity contribution in [1.29, 1.82) is 0 Å². The van der Waals surface area contributed by atoms with E-state index in [0.29, 0.717) is 12.2 Å². The van der Waals surface area contributed by atoms with E-state index in [1.54, 1.807) is 7.11 Å². The van der Waals surface area contributed by atoms with Gasteiger partial charge >= 0.3 is 0 Å². The number of nitrogens with zero attached hydrogens (tertiary/aromatic N) is 2. The standard InChI is InChI=1S/C16H18FN3O/c1-21-13-7-5-11(6-8-13)9-18-16-14(17)15(19-10-20-16)12-3-2-4-12/h5-8,10,12H,2-4,9H2,1H3,(H,18,19,20). The lowest BCUT2D eigenvalue weighted by Gasteiger charge is -2.25. The summed E-state index contributed by atoms with van der Waals surface area (Å²) in [5, 5.41) is 3.04. The lowest BCUT2D eigenvalue weighted by atomic mass is 9.82. The highest BCUT2D eigenvalue weighted by molar-refractivity contribution is 5.40. The predicted octanol–water partition coefficient (Wildman–Crippen LogP) is 3.50. The highest BCUT2D eigenvalue weighted by Gasteiger charge is 2.25. The lowest BCUT2D eigenvalue weighted by molar-refractivity contribution is 0.393. The van der Waals surface area contributed by atoms with Crippen LogP contribution < -0.4 is 10.1 Å². The molecular weight excluding hydrogens is 269 g/mol. The molecule has 1 saturated carbocycles. The zero-order valence-corrected chi connectivity index (χ0v) is 12.0. The summed E-state index contributed by atoms with van der Waals surface area (Å²) in [6.45, 7) is 0.516. The number of methoxy groups -OCH3 is 1. The van der Waals surface area contributed by atoms with E-state index in [1.165, 1.54) is 6.33 Å². The summed E-state index contributed by atoms with van der Waals surface area (Å²) >= 11 is 0. The van der Waals surface area contributed by atoms with Gasteiger partial charge in [0, 0.05) is 12.5 Å². The Balaban J connectivity index is 1.69. The van der Waals surface area contributed by atoms with Gasteiger partial charge in [-0.1, -0.05) is 18.6 Å². The van der Waals surface area contributed by atoms with Gasteiger partial charge in [-0.3, -0.25) is 0 Å². The van der Waals surface area contributed by atoms with E-state index >= 15 is 0 Å². The maximum atomic E-state index is 14.4. The third-order valence-electron chi connectivity index (χ3n) is 3.93. The summed E-state index contributed by atoms with van der Waals surface area (Å²) in [7, 11) is 1.63. The Morgan fingerprint density at radius 2 is 2.00 bits per heavy atom. The minimum absolute atomic E-state index is 0.259. The Morgan fingerprint density at radius 3 is 2.62 bits per heavy atom. The average molecular weight is 287 g/mol. The number of anilines is 1. The maximum absolute atomic E-state index is 14.4. The van der Waals surface area contributed by atoms with E-state index in [2.05, 4.69) is 15.3 Å². The molecular formula is C16H18FN3O. The van der Waals surface area contributed by atoms with Crippen molar-refractivity contribution in [2.45, 2.75) is 31.7 Å². The van der Waals surface area contributed by atoms with Gasteiger partial charge in [0.2, 0.25) is 0 Å². The van der Waals surface area contributed by atoms with Crippen LogP contribution >= 0.6 is 0 Å². The zero-order chi connectivity index (χ0) is 14.7. The maximum Gasteiger partial charge on any atom is 0.187 e. The molecule has 0 bridgehead atoms. The molecule has 2 aromatic rings. The summed E-state index contributed by atoms with van der Waals surface area (Å²) in [4.78, 5) is 8.10. The van der Waals surface area contributed by atoms with Crippen molar-refractivity contribution >= 4 is 5.82 Å². The molecule has 1 N–H and O–H groups in total. The van der Waals surface area contributed by atoms with Crippen molar-refractivity contribution in [3.05, 3.63) is 47.7 Å². The van der Waals surface area contributed by atoms with Crippen LogP contribution in [-0.2, 0) is 6.54 Å². The summed E-state index contributed by atoms with van der Waals surface area (Å²) in [6.07, 6.45) is 4.63. The van der Waals surface area contributed by atoms with Crippen LogP contribution in [0.2, 0.25) is 0 Å². The van der Waals surface area contributed by atoms with E-state index in [4.69, 9.17) is 4.74 Å². The first-order valence-corrected chi connectivity index (χ1v) is 7.15. The van der Waals surface area contributed by atoms with Gasteiger partial charge in [-0.25, -0.2) is 14.4 Å². The number of hydrogen-bond donors (Lipinski definition) is 1. The van der Waals surface area contributed by atoms with Gasteiger partial charge in [-0.05, 0) is 30.5 Å². The zero-order valence-electron chi connectivity index (χ0n) is 12.0. The van der Waals surface area contributed by atoms with E-state index in [1.807, 2.05) is 24.3 Å². The Kier molecular flexibility index (Phi) is 3.99. The third-order valence-corrected chi connectivity index (χ3v) is 3.93. The first kappa shape index (κ1) is 13.8. The van der Waals surface area contributed by atoms with Crippen molar-refractivity contribution in [2.75, 3.05) is 12.4 Å². The molecule has 1 aromatic heterocycles. The van der Waals surface area contributed by atoms with E-state index in [0.717, 1.165) is 30.6 Å². The second-order valence-corrected chi connectivity index (χ2v) is 5.25. The van der Waals surface area contributed by atoms with Crippen LogP contribution in [0.15, 0.2) is 30.6 Å². The van der Waals surface area contributed by atoms with Gasteiger partial charge in [0.1, 0.15) is 12.1 Å². The second-order valence-electron chi connectivity index (χ2n) is 5.25. The summed E-state index contributed by atoms with van der Waals surface area (Å²) < 4.78 is 19.5. The topological polar surface area (TPSA) is 47.0 Å². The molecule has 1 aliphatic carbocycles. The number of aromatic nitrogens is 2. The fraction of sp³-hybridized carbons (Fsp3) is 0.375. The molecule has 0 saturated heterocycles. The Morgan fingerprint density at radius 1 is 1.24 bits per heavy atom. The molecule has 1 aromatic carbocycles. The molecule has 21 heavy (non-hydrogen) atoms. The molecule has 1 heterocycles. The van der Waals surface area contributed by atoms with Crippen LogP contribution in [-0.4, -0.2) is 17.1 Å². The van der Waals surface area contributed by atoms with Crippen LogP contribution in [0.3, 0.4) is 0 Å². The lowest BCUT2D eigenvalue weighted by Crippen LogP contribution is -2.15. The van der Waals surface area contributed by atoms with Crippen LogP contribution in [0.25, 0.3) is 0 Å². The molecule has 0 unspecified atom stereocenters. The van der Waals surface area contributed by atoms with Gasteiger partial charge in [-0.15, -0.1) is 0 Å². The quantitative estimate of drug-likeness (QED) is 0.914. The van der Waals surface area contributed by atoms with Crippen molar-refractivity contribution in [3.63, 3.8) is 0 Å². The molecule has 0 spiro atoms. The van der Waals surface area contributed by atoms with Crippen molar-refractivity contribution in [2.24, 2.45) is 0 Å². The summed E-state index contributed by atoms with van der Waals surface area (Å²) in [5.74, 6) is 1.03. The van der Waals surface area contributed by atoms with Gasteiger partial charge in [0.05, 0.1) is 12.8 Å². The minimum atomic E-state index is -0.310. The van der Waals surface area contributed by atoms with Crippen molar-refractivity contribution < 1.29 is 9.13 Å². The predicted molar refractivity (Wildman–Crippen MR) is 78.9 cm³/mol.